The summed E-state index contributed by atoms with van der Waals surface area (Å²) in [6.07, 6.45) is 0. The van der Waals surface area contributed by atoms with E-state index in [-0.39, 0.29) is 18.0 Å². The Hall–Kier alpha value is -1.61. The first kappa shape index (κ1) is 22.1. The lowest BCUT2D eigenvalue weighted by molar-refractivity contribution is -0.144. The van der Waals surface area contributed by atoms with Crippen molar-refractivity contribution in [3.63, 3.8) is 0 Å². The van der Waals surface area contributed by atoms with Gasteiger partial charge in [0.1, 0.15) is 30.0 Å². The van der Waals surface area contributed by atoms with E-state index >= 15 is 0 Å². The third-order valence-corrected chi connectivity index (χ3v) is 5.80. The maximum Gasteiger partial charge on any atom is 0.355 e. The standard InChI is InChI=1S/C18H17Cl3N2O5S/c1-10-8-29-16-13(22-28-7-11-3-5-12(26-2)6-4-11)15(24)23(16)14(10)17(25)27-9-18(19,20)21/h3-6,16H,7-9H2,1-2H3/t16-/m1/s1. The number of halogens is 3. The molecular weight excluding hydrogens is 463 g/mol. The maximum atomic E-state index is 12.5. The zero-order valence-corrected chi connectivity index (χ0v) is 18.6. The number of ether oxygens (including phenoxy) is 2. The van der Waals surface area contributed by atoms with Crippen LogP contribution in [0.5, 0.6) is 5.75 Å². The molecule has 1 amide bonds. The van der Waals surface area contributed by atoms with Gasteiger partial charge in [0.2, 0.25) is 3.79 Å². The molecule has 0 N–H and O–H groups in total. The lowest BCUT2D eigenvalue weighted by Gasteiger charge is -2.44. The molecule has 1 aromatic carbocycles. The molecule has 1 aromatic rings. The lowest BCUT2D eigenvalue weighted by Crippen LogP contribution is -2.62. The summed E-state index contributed by atoms with van der Waals surface area (Å²) >= 11 is 18.3. The number of hydrogen-bond donors (Lipinski definition) is 0. The summed E-state index contributed by atoms with van der Waals surface area (Å²) in [7, 11) is 1.59. The van der Waals surface area contributed by atoms with E-state index in [4.69, 9.17) is 49.1 Å². The van der Waals surface area contributed by atoms with E-state index in [0.717, 1.165) is 11.3 Å². The minimum atomic E-state index is -1.73. The summed E-state index contributed by atoms with van der Waals surface area (Å²) in [5, 5.41) is 3.55. The number of thioether (sulfide) groups is 1. The van der Waals surface area contributed by atoms with Gasteiger partial charge in [0.15, 0.2) is 5.71 Å². The number of β-lactam (4-membered cyclic amide) rings is 1. The molecular formula is C18H17Cl3N2O5S. The van der Waals surface area contributed by atoms with Crippen LogP contribution >= 0.6 is 46.6 Å². The molecule has 2 heterocycles. The number of carbonyl (C=O) groups is 2. The Morgan fingerprint density at radius 3 is 2.62 bits per heavy atom. The molecule has 2 aliphatic heterocycles. The SMILES string of the molecule is COc1ccc(CON=C2C(=O)N3C(C(=O)OCC(Cl)(Cl)Cl)=C(C)CS[C@H]23)cc1. The van der Waals surface area contributed by atoms with Gasteiger partial charge in [0.25, 0.3) is 5.91 Å². The lowest BCUT2D eigenvalue weighted by atomic mass is 10.1. The number of rotatable bonds is 6. The van der Waals surface area contributed by atoms with Crippen LogP contribution in [0.1, 0.15) is 12.5 Å². The van der Waals surface area contributed by atoms with Crippen molar-refractivity contribution >= 4 is 64.2 Å². The fourth-order valence-corrected chi connectivity index (χ4v) is 4.07. The van der Waals surface area contributed by atoms with Crippen LogP contribution in [0.3, 0.4) is 0 Å². The predicted molar refractivity (Wildman–Crippen MR) is 112 cm³/mol. The van der Waals surface area contributed by atoms with Crippen molar-refractivity contribution in [1.29, 1.82) is 0 Å². The molecule has 0 radical (unpaired) electrons. The van der Waals surface area contributed by atoms with E-state index in [9.17, 15) is 9.59 Å². The van der Waals surface area contributed by atoms with Gasteiger partial charge in [-0.25, -0.2) is 4.79 Å². The van der Waals surface area contributed by atoms with E-state index in [1.54, 1.807) is 14.0 Å². The number of fused-ring (bicyclic) bond motifs is 1. The Bertz CT molecular complexity index is 867. The molecule has 0 bridgehead atoms. The highest BCUT2D eigenvalue weighted by Gasteiger charge is 2.51. The van der Waals surface area contributed by atoms with Crippen molar-refractivity contribution in [3.8, 4) is 5.75 Å². The van der Waals surface area contributed by atoms with Crippen molar-refractivity contribution in [3.05, 3.63) is 41.1 Å². The number of alkyl halides is 3. The van der Waals surface area contributed by atoms with Crippen molar-refractivity contribution in [1.82, 2.24) is 4.90 Å². The van der Waals surface area contributed by atoms with Crippen LogP contribution in [0.25, 0.3) is 0 Å². The summed E-state index contributed by atoms with van der Waals surface area (Å²) < 4.78 is 8.41. The molecule has 2 aliphatic rings. The summed E-state index contributed by atoms with van der Waals surface area (Å²) in [5.74, 6) is 0.132. The Morgan fingerprint density at radius 2 is 2.00 bits per heavy atom. The summed E-state index contributed by atoms with van der Waals surface area (Å²) in [6, 6.07) is 7.30. The Labute approximate surface area is 186 Å². The number of amides is 1. The summed E-state index contributed by atoms with van der Waals surface area (Å²) in [5.41, 5.74) is 1.97. The van der Waals surface area contributed by atoms with Crippen LogP contribution in [0.2, 0.25) is 0 Å². The van der Waals surface area contributed by atoms with Gasteiger partial charge >= 0.3 is 5.97 Å². The third-order valence-electron chi connectivity index (χ3n) is 4.12. The highest BCUT2D eigenvalue weighted by molar-refractivity contribution is 8.01. The predicted octanol–water partition coefficient (Wildman–Crippen LogP) is 3.67. The Balaban J connectivity index is 1.64. The smallest absolute Gasteiger partial charge is 0.355 e. The number of carbonyl (C=O) groups excluding carboxylic acids is 2. The molecule has 11 heteroatoms. The number of benzene rings is 1. The van der Waals surface area contributed by atoms with Crippen LogP contribution in [-0.2, 0) is 25.8 Å². The second kappa shape index (κ2) is 9.04. The highest BCUT2D eigenvalue weighted by Crippen LogP contribution is 2.39. The van der Waals surface area contributed by atoms with Crippen LogP contribution in [0, 0.1) is 0 Å². The Morgan fingerprint density at radius 1 is 1.31 bits per heavy atom. The van der Waals surface area contributed by atoms with Gasteiger partial charge in [-0.05, 0) is 30.2 Å². The first-order valence-corrected chi connectivity index (χ1v) is 10.6. The van der Waals surface area contributed by atoms with Gasteiger partial charge in [0, 0.05) is 5.75 Å². The van der Waals surface area contributed by atoms with Gasteiger partial charge < -0.3 is 14.3 Å². The summed E-state index contributed by atoms with van der Waals surface area (Å²) in [4.78, 5) is 31.6. The monoisotopic (exact) mass is 478 g/mol. The minimum absolute atomic E-state index is 0.155. The van der Waals surface area contributed by atoms with Gasteiger partial charge in [-0.2, -0.15) is 0 Å². The van der Waals surface area contributed by atoms with Gasteiger partial charge in [-0.1, -0.05) is 52.1 Å². The second-order valence-corrected chi connectivity index (χ2v) is 9.84. The first-order chi connectivity index (χ1) is 13.7. The zero-order chi connectivity index (χ0) is 21.2. The largest absolute Gasteiger partial charge is 0.497 e. The molecule has 0 spiro atoms. The van der Waals surface area contributed by atoms with Crippen molar-refractivity contribution in [2.24, 2.45) is 5.16 Å². The molecule has 1 saturated heterocycles. The third kappa shape index (κ3) is 5.12. The fraction of sp³-hybridized carbons (Fsp3) is 0.389. The van der Waals surface area contributed by atoms with Crippen molar-refractivity contribution in [2.45, 2.75) is 22.7 Å². The van der Waals surface area contributed by atoms with Gasteiger partial charge in [0.05, 0.1) is 7.11 Å². The average molecular weight is 480 g/mol. The topological polar surface area (TPSA) is 77.4 Å². The second-order valence-electron chi connectivity index (χ2n) is 6.26. The molecule has 3 rings (SSSR count). The Kier molecular flexibility index (Phi) is 6.88. The average Bonchev–Trinajstić information content (AvgIpc) is 2.69. The number of methoxy groups -OCH3 is 1. The normalized spacial score (nSPS) is 20.3. The van der Waals surface area contributed by atoms with Gasteiger partial charge in [-0.3, -0.25) is 9.69 Å². The van der Waals surface area contributed by atoms with E-state index in [0.29, 0.717) is 11.3 Å². The molecule has 0 aromatic heterocycles. The van der Waals surface area contributed by atoms with E-state index in [1.807, 2.05) is 24.3 Å². The minimum Gasteiger partial charge on any atom is -0.497 e. The molecule has 29 heavy (non-hydrogen) atoms. The van der Waals surface area contributed by atoms with Gasteiger partial charge in [-0.15, -0.1) is 11.8 Å². The first-order valence-electron chi connectivity index (χ1n) is 8.43. The number of oxime groups is 1. The molecule has 7 nitrogen and oxygen atoms in total. The van der Waals surface area contributed by atoms with E-state index in [1.165, 1.54) is 16.7 Å². The molecule has 156 valence electrons. The quantitative estimate of drug-likeness (QED) is 0.268. The number of nitrogens with zero attached hydrogens (tertiary/aromatic N) is 2. The van der Waals surface area contributed by atoms with Crippen LogP contribution in [-0.4, -0.2) is 51.1 Å². The fourth-order valence-electron chi connectivity index (χ4n) is 2.71. The number of hydrogen-bond acceptors (Lipinski definition) is 7. The zero-order valence-electron chi connectivity index (χ0n) is 15.5. The molecule has 1 fully saturated rings. The molecule has 1 atom stereocenters. The van der Waals surface area contributed by atoms with Crippen LogP contribution < -0.4 is 4.74 Å². The van der Waals surface area contributed by atoms with Crippen molar-refractivity contribution < 1.29 is 23.9 Å². The van der Waals surface area contributed by atoms with Crippen LogP contribution in [0.15, 0.2) is 40.7 Å². The molecule has 0 aliphatic carbocycles. The summed E-state index contributed by atoms with van der Waals surface area (Å²) in [6.45, 7) is 1.53. The van der Waals surface area contributed by atoms with E-state index in [2.05, 4.69) is 5.16 Å². The molecule has 0 unspecified atom stereocenters. The highest BCUT2D eigenvalue weighted by atomic mass is 35.6. The van der Waals surface area contributed by atoms with Crippen LogP contribution in [0.4, 0.5) is 0 Å². The number of esters is 1. The maximum absolute atomic E-state index is 12.5. The van der Waals surface area contributed by atoms with Crippen molar-refractivity contribution in [2.75, 3.05) is 19.5 Å². The van der Waals surface area contributed by atoms with E-state index < -0.39 is 27.6 Å². The molecule has 0 saturated carbocycles.